The Bertz CT molecular complexity index is 310. The third-order valence-corrected chi connectivity index (χ3v) is 3.04. The summed E-state index contributed by atoms with van der Waals surface area (Å²) in [5.74, 6) is 0.235. The molecule has 15 heavy (non-hydrogen) atoms. The van der Waals surface area contributed by atoms with Crippen LogP contribution in [0.25, 0.3) is 0 Å². The first-order valence-electron chi connectivity index (χ1n) is 5.39. The Morgan fingerprint density at radius 1 is 1.27 bits per heavy atom. The maximum Gasteiger partial charge on any atom is 0.0733 e. The average Bonchev–Trinajstić information content (AvgIpc) is 2.30. The number of hydrogen-bond acceptors (Lipinski definition) is 3. The van der Waals surface area contributed by atoms with Crippen molar-refractivity contribution < 1.29 is 10.2 Å². The van der Waals surface area contributed by atoms with E-state index < -0.39 is 0 Å². The van der Waals surface area contributed by atoms with Crippen LogP contribution >= 0.6 is 0 Å². The monoisotopic (exact) mass is 207 g/mol. The van der Waals surface area contributed by atoms with Gasteiger partial charge in [-0.15, -0.1) is 0 Å². The van der Waals surface area contributed by atoms with Gasteiger partial charge in [-0.2, -0.15) is 0 Å². The van der Waals surface area contributed by atoms with Gasteiger partial charge in [0.15, 0.2) is 0 Å². The summed E-state index contributed by atoms with van der Waals surface area (Å²) < 4.78 is 0. The Hall–Kier alpha value is -0.900. The average molecular weight is 207 g/mol. The molecule has 0 amide bonds. The van der Waals surface area contributed by atoms with Gasteiger partial charge in [0.2, 0.25) is 0 Å². The van der Waals surface area contributed by atoms with Crippen LogP contribution in [0, 0.1) is 0 Å². The molecule has 1 fully saturated rings. The molecule has 2 rings (SSSR count). The topological polar surface area (TPSA) is 52.5 Å². The maximum absolute atomic E-state index is 9.84. The summed E-state index contributed by atoms with van der Waals surface area (Å²) in [6.45, 7) is 1.71. The summed E-state index contributed by atoms with van der Waals surface area (Å²) in [4.78, 5) is 0. The number of aliphatic hydroxyl groups excluding tert-OH is 2. The van der Waals surface area contributed by atoms with Crippen LogP contribution in [0.1, 0.15) is 23.5 Å². The van der Waals surface area contributed by atoms with Crippen molar-refractivity contribution in [2.45, 2.75) is 25.0 Å². The van der Waals surface area contributed by atoms with Crippen molar-refractivity contribution in [3.63, 3.8) is 0 Å². The highest BCUT2D eigenvalue weighted by molar-refractivity contribution is 5.26. The number of piperidine rings is 1. The van der Waals surface area contributed by atoms with Crippen molar-refractivity contribution in [1.82, 2.24) is 5.32 Å². The third kappa shape index (κ3) is 2.37. The Morgan fingerprint density at radius 2 is 2.00 bits per heavy atom. The molecule has 1 aromatic carbocycles. The maximum atomic E-state index is 9.84. The molecule has 82 valence electrons. The largest absolute Gasteiger partial charge is 0.392 e. The minimum atomic E-state index is -0.293. The van der Waals surface area contributed by atoms with Crippen LogP contribution in [0.15, 0.2) is 24.3 Å². The van der Waals surface area contributed by atoms with Gasteiger partial charge >= 0.3 is 0 Å². The molecule has 1 saturated heterocycles. The minimum Gasteiger partial charge on any atom is -0.392 e. The Morgan fingerprint density at radius 3 is 2.60 bits per heavy atom. The van der Waals surface area contributed by atoms with Crippen LogP contribution in [0.2, 0.25) is 0 Å². The number of aliphatic hydroxyl groups is 2. The summed E-state index contributed by atoms with van der Waals surface area (Å²) >= 11 is 0. The van der Waals surface area contributed by atoms with Gasteiger partial charge in [-0.3, -0.25) is 0 Å². The van der Waals surface area contributed by atoms with Gasteiger partial charge in [-0.25, -0.2) is 0 Å². The molecule has 3 heteroatoms. The third-order valence-electron chi connectivity index (χ3n) is 3.04. The summed E-state index contributed by atoms with van der Waals surface area (Å²) in [5.41, 5.74) is 2.09. The highest BCUT2D eigenvalue weighted by Gasteiger charge is 2.23. The van der Waals surface area contributed by atoms with Gasteiger partial charge < -0.3 is 15.5 Å². The SMILES string of the molecule is OCc1ccc(C2CCNCC2O)cc1. The zero-order valence-corrected chi connectivity index (χ0v) is 8.69. The zero-order valence-electron chi connectivity index (χ0n) is 8.69. The van der Waals surface area contributed by atoms with Crippen LogP contribution in [-0.4, -0.2) is 29.4 Å². The van der Waals surface area contributed by atoms with Crippen LogP contribution in [0.4, 0.5) is 0 Å². The first-order valence-corrected chi connectivity index (χ1v) is 5.39. The van der Waals surface area contributed by atoms with Crippen molar-refractivity contribution in [3.05, 3.63) is 35.4 Å². The lowest BCUT2D eigenvalue weighted by Crippen LogP contribution is -2.39. The van der Waals surface area contributed by atoms with Crippen molar-refractivity contribution >= 4 is 0 Å². The van der Waals surface area contributed by atoms with Gasteiger partial charge in [0.25, 0.3) is 0 Å². The van der Waals surface area contributed by atoms with Crippen molar-refractivity contribution in [1.29, 1.82) is 0 Å². The van der Waals surface area contributed by atoms with E-state index in [1.54, 1.807) is 0 Å². The van der Waals surface area contributed by atoms with Gasteiger partial charge in [-0.1, -0.05) is 24.3 Å². The van der Waals surface area contributed by atoms with E-state index in [4.69, 9.17) is 5.11 Å². The quantitative estimate of drug-likeness (QED) is 0.666. The number of nitrogens with one attached hydrogen (secondary N) is 1. The summed E-state index contributed by atoms with van der Waals surface area (Å²) in [7, 11) is 0. The fourth-order valence-electron chi connectivity index (χ4n) is 2.10. The van der Waals surface area contributed by atoms with Crippen LogP contribution in [0.5, 0.6) is 0 Å². The van der Waals surface area contributed by atoms with E-state index in [1.807, 2.05) is 24.3 Å². The summed E-state index contributed by atoms with van der Waals surface area (Å²) in [6, 6.07) is 7.85. The number of rotatable bonds is 2. The second-order valence-electron chi connectivity index (χ2n) is 4.07. The van der Waals surface area contributed by atoms with Crippen LogP contribution < -0.4 is 5.32 Å². The molecule has 0 radical (unpaired) electrons. The minimum absolute atomic E-state index is 0.0784. The van der Waals surface area contributed by atoms with Crippen molar-refractivity contribution in [2.75, 3.05) is 13.1 Å². The molecule has 2 unspecified atom stereocenters. The van der Waals surface area contributed by atoms with Crippen molar-refractivity contribution in [3.8, 4) is 0 Å². The van der Waals surface area contributed by atoms with E-state index in [-0.39, 0.29) is 18.6 Å². The van der Waals surface area contributed by atoms with E-state index in [9.17, 15) is 5.11 Å². The standard InChI is InChI=1S/C12H17NO2/c14-8-9-1-3-10(4-2-9)11-5-6-13-7-12(11)15/h1-4,11-15H,5-8H2. The second kappa shape index (κ2) is 4.75. The van der Waals surface area contributed by atoms with Gasteiger partial charge in [-0.05, 0) is 24.1 Å². The Labute approximate surface area is 89.8 Å². The molecule has 0 spiro atoms. The fraction of sp³-hybridized carbons (Fsp3) is 0.500. The van der Waals surface area contributed by atoms with E-state index >= 15 is 0 Å². The Kier molecular flexibility index (Phi) is 3.36. The number of hydrogen-bond donors (Lipinski definition) is 3. The lowest BCUT2D eigenvalue weighted by atomic mass is 9.87. The van der Waals surface area contributed by atoms with E-state index in [0.717, 1.165) is 18.5 Å². The molecule has 0 saturated carbocycles. The van der Waals surface area contributed by atoms with Gasteiger partial charge in [0.05, 0.1) is 12.7 Å². The summed E-state index contributed by atoms with van der Waals surface area (Å²) in [6.07, 6.45) is 0.679. The molecule has 0 bridgehead atoms. The first-order chi connectivity index (χ1) is 7.31. The molecule has 0 aromatic heterocycles. The number of β-amino-alcohol motifs (C(OH)–C–C–N with tert-alkyl or cyclic N) is 1. The molecule has 1 aliphatic heterocycles. The molecule has 3 nitrogen and oxygen atoms in total. The Balaban J connectivity index is 2.13. The number of benzene rings is 1. The second-order valence-corrected chi connectivity index (χ2v) is 4.07. The lowest BCUT2D eigenvalue weighted by Gasteiger charge is -2.28. The normalized spacial score (nSPS) is 26.5. The predicted molar refractivity (Wildman–Crippen MR) is 58.6 cm³/mol. The molecule has 1 heterocycles. The van der Waals surface area contributed by atoms with Crippen molar-refractivity contribution in [2.24, 2.45) is 0 Å². The molecule has 1 aliphatic rings. The molecule has 0 aliphatic carbocycles. The van der Waals surface area contributed by atoms with E-state index in [2.05, 4.69) is 5.32 Å². The van der Waals surface area contributed by atoms with E-state index in [1.165, 1.54) is 5.56 Å². The van der Waals surface area contributed by atoms with Crippen LogP contribution in [-0.2, 0) is 6.61 Å². The van der Waals surface area contributed by atoms with Gasteiger partial charge in [0, 0.05) is 12.5 Å². The van der Waals surface area contributed by atoms with Crippen LogP contribution in [0.3, 0.4) is 0 Å². The molecule has 1 aromatic rings. The van der Waals surface area contributed by atoms with Gasteiger partial charge in [0.1, 0.15) is 0 Å². The van der Waals surface area contributed by atoms with E-state index in [0.29, 0.717) is 6.54 Å². The smallest absolute Gasteiger partial charge is 0.0733 e. The molecule has 3 N–H and O–H groups in total. The predicted octanol–water partition coefficient (Wildman–Crippen LogP) is 0.617. The highest BCUT2D eigenvalue weighted by Crippen LogP contribution is 2.25. The zero-order chi connectivity index (χ0) is 10.7. The first kappa shape index (κ1) is 10.6. The molecule has 2 atom stereocenters. The highest BCUT2D eigenvalue weighted by atomic mass is 16.3. The molecular weight excluding hydrogens is 190 g/mol. The lowest BCUT2D eigenvalue weighted by molar-refractivity contribution is 0.118. The molecular formula is C12H17NO2. The summed E-state index contributed by atoms with van der Waals surface area (Å²) in [5, 5.41) is 21.9. The fourth-order valence-corrected chi connectivity index (χ4v) is 2.10.